The van der Waals surface area contributed by atoms with Crippen LogP contribution in [0.5, 0.6) is 5.75 Å². The van der Waals surface area contributed by atoms with Gasteiger partial charge in [-0.2, -0.15) is 0 Å². The molecular formula is C20H17ClN2O3. The Kier molecular flexibility index (Phi) is 4.17. The van der Waals surface area contributed by atoms with E-state index in [1.807, 2.05) is 35.8 Å². The smallest absolute Gasteiger partial charge is 0.257 e. The zero-order valence-corrected chi connectivity index (χ0v) is 15.0. The average Bonchev–Trinajstić information content (AvgIpc) is 2.64. The lowest BCUT2D eigenvalue weighted by Crippen LogP contribution is -2.31. The maximum absolute atomic E-state index is 12.9. The molecule has 0 unspecified atom stereocenters. The van der Waals surface area contributed by atoms with E-state index in [2.05, 4.69) is 5.32 Å². The van der Waals surface area contributed by atoms with E-state index >= 15 is 0 Å². The minimum atomic E-state index is -0.407. The van der Waals surface area contributed by atoms with Crippen molar-refractivity contribution in [3.8, 4) is 5.75 Å². The van der Waals surface area contributed by atoms with Crippen LogP contribution in [0.25, 0.3) is 10.9 Å². The Hall–Kier alpha value is -2.79. The van der Waals surface area contributed by atoms with E-state index in [0.717, 1.165) is 11.1 Å². The topological polar surface area (TPSA) is 60.3 Å². The number of amides is 1. The van der Waals surface area contributed by atoms with Crippen LogP contribution >= 0.6 is 11.6 Å². The molecule has 0 bridgehead atoms. The highest BCUT2D eigenvalue weighted by Crippen LogP contribution is 2.31. The van der Waals surface area contributed by atoms with Gasteiger partial charge in [0, 0.05) is 12.7 Å². The number of carbonyl (C=O) groups excluding carboxylic acids is 1. The molecule has 3 aromatic rings. The molecule has 1 aliphatic rings. The third kappa shape index (κ3) is 2.84. The molecular weight excluding hydrogens is 352 g/mol. The SMILES string of the molecule is Cc1cccc(CNC(=O)c2cn3c4c(ccc(Cl)c4c2=O)OCC3)c1. The number of carbonyl (C=O) groups is 1. The van der Waals surface area contributed by atoms with Crippen molar-refractivity contribution >= 4 is 28.4 Å². The van der Waals surface area contributed by atoms with E-state index in [0.29, 0.717) is 41.4 Å². The summed E-state index contributed by atoms with van der Waals surface area (Å²) in [5.74, 6) is 0.203. The molecule has 1 aromatic heterocycles. The van der Waals surface area contributed by atoms with E-state index in [4.69, 9.17) is 16.3 Å². The molecule has 0 radical (unpaired) electrons. The van der Waals surface area contributed by atoms with E-state index in [1.54, 1.807) is 18.3 Å². The van der Waals surface area contributed by atoms with Crippen LogP contribution in [0.1, 0.15) is 21.5 Å². The maximum atomic E-state index is 12.9. The average molecular weight is 369 g/mol. The molecule has 0 aliphatic carbocycles. The molecule has 0 saturated carbocycles. The van der Waals surface area contributed by atoms with Crippen molar-refractivity contribution in [1.82, 2.24) is 9.88 Å². The number of nitrogens with one attached hydrogen (secondary N) is 1. The first-order valence-corrected chi connectivity index (χ1v) is 8.74. The number of rotatable bonds is 3. The maximum Gasteiger partial charge on any atom is 0.257 e. The Balaban J connectivity index is 1.73. The molecule has 1 N–H and O–H groups in total. The third-order valence-corrected chi connectivity index (χ3v) is 4.82. The number of aryl methyl sites for hydroxylation is 1. The second-order valence-electron chi connectivity index (χ2n) is 6.35. The van der Waals surface area contributed by atoms with Crippen molar-refractivity contribution in [2.45, 2.75) is 20.0 Å². The minimum Gasteiger partial charge on any atom is -0.490 e. The zero-order chi connectivity index (χ0) is 18.3. The molecule has 26 heavy (non-hydrogen) atoms. The van der Waals surface area contributed by atoms with Gasteiger partial charge in [-0.15, -0.1) is 0 Å². The summed E-state index contributed by atoms with van der Waals surface area (Å²) in [6, 6.07) is 11.2. The van der Waals surface area contributed by atoms with Gasteiger partial charge in [-0.3, -0.25) is 9.59 Å². The summed E-state index contributed by atoms with van der Waals surface area (Å²) in [7, 11) is 0. The fraction of sp³-hybridized carbons (Fsp3) is 0.200. The van der Waals surface area contributed by atoms with Gasteiger partial charge in [0.25, 0.3) is 5.91 Å². The van der Waals surface area contributed by atoms with E-state index in [-0.39, 0.29) is 11.0 Å². The van der Waals surface area contributed by atoms with Gasteiger partial charge in [0.1, 0.15) is 17.9 Å². The van der Waals surface area contributed by atoms with Crippen LogP contribution < -0.4 is 15.5 Å². The standard InChI is InChI=1S/C20H17ClN2O3/c1-12-3-2-4-13(9-12)10-22-20(25)14-11-23-7-8-26-16-6-5-15(21)17(18(16)23)19(14)24/h2-6,9,11H,7-8,10H2,1H3,(H,22,25). The molecule has 0 spiro atoms. The van der Waals surface area contributed by atoms with Crippen molar-refractivity contribution in [2.24, 2.45) is 0 Å². The van der Waals surface area contributed by atoms with Crippen LogP contribution in [0, 0.1) is 6.92 Å². The van der Waals surface area contributed by atoms with Crippen molar-refractivity contribution in [3.05, 3.63) is 74.5 Å². The lowest BCUT2D eigenvalue weighted by Gasteiger charge is -2.22. The number of aromatic nitrogens is 1. The Morgan fingerprint density at radius 3 is 2.96 bits per heavy atom. The Labute approximate surface area is 155 Å². The number of hydrogen-bond acceptors (Lipinski definition) is 3. The number of benzene rings is 2. The lowest BCUT2D eigenvalue weighted by atomic mass is 10.1. The Morgan fingerprint density at radius 2 is 2.15 bits per heavy atom. The number of nitrogens with zero attached hydrogens (tertiary/aromatic N) is 1. The quantitative estimate of drug-likeness (QED) is 0.771. The van der Waals surface area contributed by atoms with Crippen molar-refractivity contribution in [3.63, 3.8) is 0 Å². The highest BCUT2D eigenvalue weighted by Gasteiger charge is 2.22. The predicted octanol–water partition coefficient (Wildman–Crippen LogP) is 3.29. The Morgan fingerprint density at radius 1 is 1.31 bits per heavy atom. The molecule has 132 valence electrons. The van der Waals surface area contributed by atoms with Crippen molar-refractivity contribution in [2.75, 3.05) is 6.61 Å². The van der Waals surface area contributed by atoms with Crippen LogP contribution in [0.15, 0.2) is 47.4 Å². The first kappa shape index (κ1) is 16.7. The van der Waals surface area contributed by atoms with Gasteiger partial charge < -0.3 is 14.6 Å². The molecule has 2 aromatic carbocycles. The highest BCUT2D eigenvalue weighted by molar-refractivity contribution is 6.35. The number of halogens is 1. The first-order valence-electron chi connectivity index (χ1n) is 8.37. The molecule has 6 heteroatoms. The largest absolute Gasteiger partial charge is 0.490 e. The third-order valence-electron chi connectivity index (χ3n) is 4.50. The molecule has 5 nitrogen and oxygen atoms in total. The molecule has 1 aliphatic heterocycles. The second-order valence-corrected chi connectivity index (χ2v) is 6.76. The summed E-state index contributed by atoms with van der Waals surface area (Å²) < 4.78 is 7.47. The van der Waals surface area contributed by atoms with Gasteiger partial charge in [0.05, 0.1) is 22.5 Å². The predicted molar refractivity (Wildman–Crippen MR) is 101 cm³/mol. The minimum absolute atomic E-state index is 0.0890. The normalized spacial score (nSPS) is 12.7. The van der Waals surface area contributed by atoms with E-state index < -0.39 is 5.91 Å². The van der Waals surface area contributed by atoms with Gasteiger partial charge in [-0.25, -0.2) is 0 Å². The highest BCUT2D eigenvalue weighted by atomic mass is 35.5. The number of ether oxygens (including phenoxy) is 1. The molecule has 4 rings (SSSR count). The fourth-order valence-electron chi connectivity index (χ4n) is 3.27. The summed E-state index contributed by atoms with van der Waals surface area (Å²) in [6.45, 7) is 3.39. The summed E-state index contributed by atoms with van der Waals surface area (Å²) in [5.41, 5.74) is 2.45. The molecule has 0 fully saturated rings. The monoisotopic (exact) mass is 368 g/mol. The number of pyridine rings is 1. The zero-order valence-electron chi connectivity index (χ0n) is 14.2. The van der Waals surface area contributed by atoms with Crippen molar-refractivity contribution in [1.29, 1.82) is 0 Å². The summed E-state index contributed by atoms with van der Waals surface area (Å²) in [4.78, 5) is 25.5. The summed E-state index contributed by atoms with van der Waals surface area (Å²) >= 11 is 6.25. The van der Waals surface area contributed by atoms with E-state index in [1.165, 1.54) is 0 Å². The van der Waals surface area contributed by atoms with Crippen LogP contribution in [-0.4, -0.2) is 17.1 Å². The molecule has 1 amide bonds. The molecule has 0 atom stereocenters. The lowest BCUT2D eigenvalue weighted by molar-refractivity contribution is 0.0949. The van der Waals surface area contributed by atoms with Crippen molar-refractivity contribution < 1.29 is 9.53 Å². The second kappa shape index (κ2) is 6.50. The molecule has 2 heterocycles. The van der Waals surface area contributed by atoms with Gasteiger partial charge >= 0.3 is 0 Å². The summed E-state index contributed by atoms with van der Waals surface area (Å²) in [5, 5.41) is 3.47. The Bertz CT molecular complexity index is 1090. The van der Waals surface area contributed by atoms with Gasteiger partial charge in [-0.1, -0.05) is 41.4 Å². The van der Waals surface area contributed by atoms with Crippen LogP contribution in [0.3, 0.4) is 0 Å². The van der Waals surface area contributed by atoms with Crippen LogP contribution in [0.4, 0.5) is 0 Å². The van der Waals surface area contributed by atoms with Gasteiger partial charge in [0.15, 0.2) is 0 Å². The van der Waals surface area contributed by atoms with Gasteiger partial charge in [0.2, 0.25) is 5.43 Å². The molecule has 0 saturated heterocycles. The van der Waals surface area contributed by atoms with Gasteiger partial charge in [-0.05, 0) is 24.6 Å². The van der Waals surface area contributed by atoms with Crippen LogP contribution in [-0.2, 0) is 13.1 Å². The fourth-order valence-corrected chi connectivity index (χ4v) is 3.51. The van der Waals surface area contributed by atoms with E-state index in [9.17, 15) is 9.59 Å². The first-order chi connectivity index (χ1) is 12.5. The van der Waals surface area contributed by atoms with Crippen LogP contribution in [0.2, 0.25) is 5.02 Å². The number of hydrogen-bond donors (Lipinski definition) is 1. The summed E-state index contributed by atoms with van der Waals surface area (Å²) in [6.07, 6.45) is 1.60.